The molecule has 1 amide bonds. The lowest BCUT2D eigenvalue weighted by Crippen LogP contribution is -2.46. The number of anilines is 1. The Morgan fingerprint density at radius 2 is 2.05 bits per heavy atom. The summed E-state index contributed by atoms with van der Waals surface area (Å²) in [4.78, 5) is 12.4. The second-order valence-electron chi connectivity index (χ2n) is 5.65. The van der Waals surface area contributed by atoms with Gasteiger partial charge in [0.2, 0.25) is 5.91 Å². The second kappa shape index (κ2) is 6.54. The molecule has 1 unspecified atom stereocenters. The average Bonchev–Trinajstić information content (AvgIpc) is 2.48. The third-order valence-electron chi connectivity index (χ3n) is 3.95. The van der Waals surface area contributed by atoms with Gasteiger partial charge in [-0.2, -0.15) is 0 Å². The predicted molar refractivity (Wildman–Crippen MR) is 83.5 cm³/mol. The Hall–Kier alpha value is -1.46. The Labute approximate surface area is 130 Å². The minimum absolute atomic E-state index is 0. The zero-order valence-corrected chi connectivity index (χ0v) is 12.9. The van der Waals surface area contributed by atoms with E-state index in [0.29, 0.717) is 19.0 Å². The molecule has 0 saturated carbocycles. The molecule has 0 aliphatic carbocycles. The standard InChI is InChI=1S/C15H20N2O3.ClH/c1-15(5-2-6-16-10-15)14(18)17-11-3-4-12-13(9-11)20-8-7-19-12;/h3-4,9,16H,2,5-8,10H2,1H3,(H,17,18);1H. The lowest BCUT2D eigenvalue weighted by molar-refractivity contribution is -0.125. The number of benzene rings is 1. The molecule has 5 nitrogen and oxygen atoms in total. The molecule has 1 fully saturated rings. The predicted octanol–water partition coefficient (Wildman–Crippen LogP) is 2.21. The smallest absolute Gasteiger partial charge is 0.231 e. The Morgan fingerprint density at radius 1 is 1.29 bits per heavy atom. The largest absolute Gasteiger partial charge is 0.486 e. The van der Waals surface area contributed by atoms with Crippen LogP contribution in [0.1, 0.15) is 19.8 Å². The number of carbonyl (C=O) groups excluding carboxylic acids is 1. The second-order valence-corrected chi connectivity index (χ2v) is 5.65. The molecular formula is C15H21ClN2O3. The number of carbonyl (C=O) groups is 1. The van der Waals surface area contributed by atoms with E-state index in [2.05, 4.69) is 10.6 Å². The number of hydrogen-bond acceptors (Lipinski definition) is 4. The van der Waals surface area contributed by atoms with Crippen LogP contribution in [0.5, 0.6) is 11.5 Å². The first-order valence-corrected chi connectivity index (χ1v) is 7.09. The van der Waals surface area contributed by atoms with E-state index in [9.17, 15) is 4.79 Å². The summed E-state index contributed by atoms with van der Waals surface area (Å²) >= 11 is 0. The fourth-order valence-corrected chi connectivity index (χ4v) is 2.65. The van der Waals surface area contributed by atoms with Crippen LogP contribution in [0.3, 0.4) is 0 Å². The molecule has 0 aromatic heterocycles. The van der Waals surface area contributed by atoms with Crippen LogP contribution in [0.2, 0.25) is 0 Å². The fraction of sp³-hybridized carbons (Fsp3) is 0.533. The first kappa shape index (κ1) is 15.9. The van der Waals surface area contributed by atoms with Gasteiger partial charge in [0.15, 0.2) is 11.5 Å². The van der Waals surface area contributed by atoms with Gasteiger partial charge in [0.05, 0.1) is 5.41 Å². The van der Waals surface area contributed by atoms with E-state index in [1.165, 1.54) is 0 Å². The van der Waals surface area contributed by atoms with Crippen molar-refractivity contribution in [3.63, 3.8) is 0 Å². The van der Waals surface area contributed by atoms with Crippen LogP contribution < -0.4 is 20.1 Å². The maximum absolute atomic E-state index is 12.4. The molecule has 21 heavy (non-hydrogen) atoms. The molecule has 1 saturated heterocycles. The Balaban J connectivity index is 0.00000161. The molecule has 1 aromatic carbocycles. The maximum atomic E-state index is 12.4. The van der Waals surface area contributed by atoms with Crippen molar-refractivity contribution in [3.05, 3.63) is 18.2 Å². The molecule has 1 aromatic rings. The van der Waals surface area contributed by atoms with Crippen LogP contribution in [-0.4, -0.2) is 32.2 Å². The number of rotatable bonds is 2. The van der Waals surface area contributed by atoms with E-state index in [1.807, 2.05) is 25.1 Å². The number of ether oxygens (including phenoxy) is 2. The Bertz CT molecular complexity index is 516. The summed E-state index contributed by atoms with van der Waals surface area (Å²) in [5.74, 6) is 1.49. The van der Waals surface area contributed by atoms with E-state index in [0.717, 1.165) is 37.4 Å². The molecule has 2 N–H and O–H groups in total. The SMILES string of the molecule is CC1(C(=O)Nc2ccc3c(c2)OCCO3)CCCNC1.Cl. The van der Waals surface area contributed by atoms with Crippen molar-refractivity contribution < 1.29 is 14.3 Å². The van der Waals surface area contributed by atoms with Crippen molar-refractivity contribution in [1.82, 2.24) is 5.32 Å². The van der Waals surface area contributed by atoms with Crippen LogP contribution in [0, 0.1) is 5.41 Å². The summed E-state index contributed by atoms with van der Waals surface area (Å²) in [6, 6.07) is 5.52. The zero-order chi connectivity index (χ0) is 14.0. The molecule has 6 heteroatoms. The maximum Gasteiger partial charge on any atom is 0.231 e. The third kappa shape index (κ3) is 3.41. The lowest BCUT2D eigenvalue weighted by Gasteiger charge is -2.32. The highest BCUT2D eigenvalue weighted by atomic mass is 35.5. The molecular weight excluding hydrogens is 292 g/mol. The molecule has 1 atom stereocenters. The topological polar surface area (TPSA) is 59.6 Å². The minimum atomic E-state index is -0.342. The van der Waals surface area contributed by atoms with Gasteiger partial charge in [-0.1, -0.05) is 0 Å². The number of amides is 1. The van der Waals surface area contributed by atoms with Crippen molar-refractivity contribution in [3.8, 4) is 11.5 Å². The van der Waals surface area contributed by atoms with Gasteiger partial charge in [0.1, 0.15) is 13.2 Å². The summed E-state index contributed by atoms with van der Waals surface area (Å²) in [5.41, 5.74) is 0.414. The monoisotopic (exact) mass is 312 g/mol. The van der Waals surface area contributed by atoms with Gasteiger partial charge in [0.25, 0.3) is 0 Å². The lowest BCUT2D eigenvalue weighted by atomic mass is 9.82. The van der Waals surface area contributed by atoms with Gasteiger partial charge in [-0.3, -0.25) is 4.79 Å². The normalized spacial score (nSPS) is 23.9. The van der Waals surface area contributed by atoms with E-state index >= 15 is 0 Å². The average molecular weight is 313 g/mol. The van der Waals surface area contributed by atoms with Gasteiger partial charge in [0, 0.05) is 18.3 Å². The molecule has 2 aliphatic heterocycles. The van der Waals surface area contributed by atoms with Crippen molar-refractivity contribution in [2.75, 3.05) is 31.6 Å². The highest BCUT2D eigenvalue weighted by molar-refractivity contribution is 5.95. The van der Waals surface area contributed by atoms with Crippen molar-refractivity contribution >= 4 is 24.0 Å². The van der Waals surface area contributed by atoms with Gasteiger partial charge in [-0.25, -0.2) is 0 Å². The van der Waals surface area contributed by atoms with Crippen molar-refractivity contribution in [2.45, 2.75) is 19.8 Å². The molecule has 116 valence electrons. The van der Waals surface area contributed by atoms with Crippen LogP contribution in [0.4, 0.5) is 5.69 Å². The van der Waals surface area contributed by atoms with Gasteiger partial charge in [-0.05, 0) is 38.4 Å². The molecule has 0 radical (unpaired) electrons. The van der Waals surface area contributed by atoms with E-state index in [1.54, 1.807) is 0 Å². The molecule has 0 bridgehead atoms. The molecule has 0 spiro atoms. The number of piperidine rings is 1. The summed E-state index contributed by atoms with van der Waals surface area (Å²) in [6.45, 7) is 4.84. The Kier molecular flexibility index (Phi) is 4.96. The quantitative estimate of drug-likeness (QED) is 0.879. The fourth-order valence-electron chi connectivity index (χ4n) is 2.65. The number of fused-ring (bicyclic) bond motifs is 1. The van der Waals surface area contributed by atoms with Crippen molar-refractivity contribution in [2.24, 2.45) is 5.41 Å². The summed E-state index contributed by atoms with van der Waals surface area (Å²) in [5, 5.41) is 6.27. The first-order valence-electron chi connectivity index (χ1n) is 7.09. The minimum Gasteiger partial charge on any atom is -0.486 e. The van der Waals surface area contributed by atoms with E-state index in [-0.39, 0.29) is 23.7 Å². The van der Waals surface area contributed by atoms with Gasteiger partial charge >= 0.3 is 0 Å². The molecule has 2 heterocycles. The number of hydrogen-bond donors (Lipinski definition) is 2. The summed E-state index contributed by atoms with van der Waals surface area (Å²) in [6.07, 6.45) is 1.95. The van der Waals surface area contributed by atoms with Crippen molar-refractivity contribution in [1.29, 1.82) is 0 Å². The Morgan fingerprint density at radius 3 is 2.76 bits per heavy atom. The third-order valence-corrected chi connectivity index (χ3v) is 3.95. The first-order chi connectivity index (χ1) is 9.67. The van der Waals surface area contributed by atoms with Gasteiger partial charge < -0.3 is 20.1 Å². The van der Waals surface area contributed by atoms with Crippen LogP contribution in [-0.2, 0) is 4.79 Å². The molecule has 3 rings (SSSR count). The number of halogens is 1. The molecule has 2 aliphatic rings. The highest BCUT2D eigenvalue weighted by Gasteiger charge is 2.34. The highest BCUT2D eigenvalue weighted by Crippen LogP contribution is 2.34. The van der Waals surface area contributed by atoms with Crippen LogP contribution >= 0.6 is 12.4 Å². The summed E-state index contributed by atoms with van der Waals surface area (Å²) in [7, 11) is 0. The van der Waals surface area contributed by atoms with E-state index in [4.69, 9.17) is 9.47 Å². The van der Waals surface area contributed by atoms with Gasteiger partial charge in [-0.15, -0.1) is 12.4 Å². The van der Waals surface area contributed by atoms with E-state index < -0.39 is 0 Å². The zero-order valence-electron chi connectivity index (χ0n) is 12.1. The van der Waals surface area contributed by atoms with Crippen LogP contribution in [0.25, 0.3) is 0 Å². The number of nitrogens with one attached hydrogen (secondary N) is 2. The van der Waals surface area contributed by atoms with Crippen LogP contribution in [0.15, 0.2) is 18.2 Å². The summed E-state index contributed by atoms with van der Waals surface area (Å²) < 4.78 is 11.0.